The van der Waals surface area contributed by atoms with Crippen LogP contribution in [0.3, 0.4) is 0 Å². The van der Waals surface area contributed by atoms with Crippen LogP contribution < -0.4 is 0 Å². The summed E-state index contributed by atoms with van der Waals surface area (Å²) < 4.78 is 26.3. The van der Waals surface area contributed by atoms with E-state index in [4.69, 9.17) is 0 Å². The van der Waals surface area contributed by atoms with E-state index in [1.54, 1.807) is 4.31 Å². The molecule has 1 saturated heterocycles. The van der Waals surface area contributed by atoms with Crippen LogP contribution in [0.4, 0.5) is 0 Å². The van der Waals surface area contributed by atoms with Crippen molar-refractivity contribution in [2.24, 2.45) is 0 Å². The highest BCUT2D eigenvalue weighted by molar-refractivity contribution is 7.89. The van der Waals surface area contributed by atoms with Crippen LogP contribution in [0.2, 0.25) is 0 Å². The topological polar surface area (TPSA) is 40.6 Å². The van der Waals surface area contributed by atoms with Gasteiger partial charge in [0.15, 0.2) is 0 Å². The van der Waals surface area contributed by atoms with Gasteiger partial charge in [-0.1, -0.05) is 55.8 Å². The summed E-state index contributed by atoms with van der Waals surface area (Å²) in [5.41, 5.74) is 1.32. The second-order valence-corrected chi connectivity index (χ2v) is 8.57. The van der Waals surface area contributed by atoms with E-state index < -0.39 is 10.0 Å². The Morgan fingerprint density at radius 3 is 2.42 bits per heavy atom. The Labute approximate surface area is 145 Å². The molecule has 24 heavy (non-hydrogen) atoms. The van der Waals surface area contributed by atoms with Crippen LogP contribution in [-0.4, -0.2) is 49.6 Å². The second kappa shape index (κ2) is 7.64. The van der Waals surface area contributed by atoms with Crippen LogP contribution in [0.5, 0.6) is 0 Å². The van der Waals surface area contributed by atoms with Gasteiger partial charge in [-0.25, -0.2) is 8.42 Å². The first-order valence-electron chi connectivity index (χ1n) is 8.77. The van der Waals surface area contributed by atoms with Crippen molar-refractivity contribution < 1.29 is 8.42 Å². The summed E-state index contributed by atoms with van der Waals surface area (Å²) >= 11 is 0. The van der Waals surface area contributed by atoms with Gasteiger partial charge >= 0.3 is 0 Å². The molecule has 5 heteroatoms. The lowest BCUT2D eigenvalue weighted by molar-refractivity contribution is 0.182. The van der Waals surface area contributed by atoms with Crippen molar-refractivity contribution in [1.82, 2.24) is 9.21 Å². The molecule has 0 atom stereocenters. The van der Waals surface area contributed by atoms with Crippen molar-refractivity contribution in [3.63, 3.8) is 0 Å². The normalized spacial score (nSPS) is 17.4. The predicted octanol–water partition coefficient (Wildman–Crippen LogP) is 3.09. The number of unbranched alkanes of at least 4 members (excludes halogenated alkanes) is 1. The molecule has 1 aliphatic rings. The smallest absolute Gasteiger partial charge is 0.214 e. The number of rotatable bonds is 6. The summed E-state index contributed by atoms with van der Waals surface area (Å²) in [6, 6.07) is 14.8. The first-order chi connectivity index (χ1) is 11.6. The molecule has 3 rings (SSSR count). The van der Waals surface area contributed by atoms with Gasteiger partial charge in [-0.3, -0.25) is 4.90 Å². The summed E-state index contributed by atoms with van der Waals surface area (Å²) in [6.07, 6.45) is 1.67. The third kappa shape index (κ3) is 3.97. The minimum absolute atomic E-state index is 0.285. The summed E-state index contributed by atoms with van der Waals surface area (Å²) in [7, 11) is -3.07. The quantitative estimate of drug-likeness (QED) is 0.807. The maximum atomic E-state index is 12.3. The number of benzene rings is 2. The summed E-state index contributed by atoms with van der Waals surface area (Å²) in [6.45, 7) is 5.72. The minimum Gasteiger partial charge on any atom is -0.296 e. The molecule has 0 spiro atoms. The average molecular weight is 346 g/mol. The molecule has 0 radical (unpaired) electrons. The highest BCUT2D eigenvalue weighted by Gasteiger charge is 2.26. The van der Waals surface area contributed by atoms with E-state index in [0.29, 0.717) is 13.1 Å². The molecule has 4 nitrogen and oxygen atoms in total. The fourth-order valence-electron chi connectivity index (χ4n) is 3.29. The van der Waals surface area contributed by atoms with E-state index in [1.165, 1.54) is 16.3 Å². The lowest BCUT2D eigenvalue weighted by Crippen LogP contribution is -2.48. The lowest BCUT2D eigenvalue weighted by atomic mass is 10.0. The third-order valence-electron chi connectivity index (χ3n) is 4.75. The minimum atomic E-state index is -3.07. The van der Waals surface area contributed by atoms with Gasteiger partial charge in [0.2, 0.25) is 10.0 Å². The van der Waals surface area contributed by atoms with Crippen LogP contribution in [0, 0.1) is 0 Å². The summed E-state index contributed by atoms with van der Waals surface area (Å²) in [5.74, 6) is 0.285. The van der Waals surface area contributed by atoms with Gasteiger partial charge in [0.05, 0.1) is 5.75 Å². The van der Waals surface area contributed by atoms with E-state index in [9.17, 15) is 8.42 Å². The van der Waals surface area contributed by atoms with Crippen LogP contribution >= 0.6 is 0 Å². The highest BCUT2D eigenvalue weighted by Crippen LogP contribution is 2.21. The van der Waals surface area contributed by atoms with Crippen molar-refractivity contribution in [2.75, 3.05) is 31.9 Å². The number of nitrogens with zero attached hydrogens (tertiary/aromatic N) is 2. The maximum absolute atomic E-state index is 12.3. The predicted molar refractivity (Wildman–Crippen MR) is 99.5 cm³/mol. The van der Waals surface area contributed by atoms with Gasteiger partial charge < -0.3 is 0 Å². The zero-order valence-corrected chi connectivity index (χ0v) is 15.1. The molecule has 2 aromatic rings. The molecule has 2 aromatic carbocycles. The maximum Gasteiger partial charge on any atom is 0.214 e. The molecule has 0 bridgehead atoms. The van der Waals surface area contributed by atoms with Crippen LogP contribution in [-0.2, 0) is 16.6 Å². The number of piperazine rings is 1. The Kier molecular flexibility index (Phi) is 5.54. The number of hydrogen-bond acceptors (Lipinski definition) is 3. The standard InChI is InChI=1S/C19H26N2O2S/c1-2-3-15-24(22,23)21-13-11-20(12-14-21)16-18-9-6-8-17-7-4-5-10-19(17)18/h4-10H,2-3,11-16H2,1H3. The molecule has 1 fully saturated rings. The molecular formula is C19H26N2O2S. The number of hydrogen-bond donors (Lipinski definition) is 0. The zero-order valence-electron chi connectivity index (χ0n) is 14.3. The van der Waals surface area contributed by atoms with Crippen molar-refractivity contribution >= 4 is 20.8 Å². The van der Waals surface area contributed by atoms with Crippen molar-refractivity contribution in [3.8, 4) is 0 Å². The van der Waals surface area contributed by atoms with Crippen molar-refractivity contribution in [2.45, 2.75) is 26.3 Å². The van der Waals surface area contributed by atoms with Crippen molar-refractivity contribution in [1.29, 1.82) is 0 Å². The number of sulfonamides is 1. The highest BCUT2D eigenvalue weighted by atomic mass is 32.2. The van der Waals surface area contributed by atoms with Gasteiger partial charge in [0.1, 0.15) is 0 Å². The molecule has 1 heterocycles. The molecular weight excluding hydrogens is 320 g/mol. The van der Waals surface area contributed by atoms with Gasteiger partial charge in [-0.15, -0.1) is 0 Å². The van der Waals surface area contributed by atoms with E-state index in [2.05, 4.69) is 47.4 Å². The van der Waals surface area contributed by atoms with E-state index in [-0.39, 0.29) is 5.75 Å². The van der Waals surface area contributed by atoms with E-state index >= 15 is 0 Å². The van der Waals surface area contributed by atoms with E-state index in [1.807, 2.05) is 6.92 Å². The molecule has 0 N–H and O–H groups in total. The summed E-state index contributed by atoms with van der Waals surface area (Å²) in [4.78, 5) is 2.35. The molecule has 0 unspecified atom stereocenters. The Morgan fingerprint density at radius 2 is 1.67 bits per heavy atom. The molecule has 1 aliphatic heterocycles. The average Bonchev–Trinajstić information content (AvgIpc) is 2.61. The fourth-order valence-corrected chi connectivity index (χ4v) is 4.92. The van der Waals surface area contributed by atoms with Crippen molar-refractivity contribution in [3.05, 3.63) is 48.0 Å². The largest absolute Gasteiger partial charge is 0.296 e. The number of fused-ring (bicyclic) bond motifs is 1. The molecule has 0 saturated carbocycles. The Hall–Kier alpha value is -1.43. The molecule has 0 aliphatic carbocycles. The van der Waals surface area contributed by atoms with E-state index in [0.717, 1.165) is 32.5 Å². The molecule has 0 amide bonds. The SMILES string of the molecule is CCCCS(=O)(=O)N1CCN(Cc2cccc3ccccc23)CC1. The zero-order chi connectivity index (χ0) is 17.0. The van der Waals surface area contributed by atoms with Gasteiger partial charge in [-0.2, -0.15) is 4.31 Å². The van der Waals surface area contributed by atoms with Gasteiger partial charge in [-0.05, 0) is 22.8 Å². The Balaban J connectivity index is 1.63. The van der Waals surface area contributed by atoms with Crippen LogP contribution in [0.15, 0.2) is 42.5 Å². The Bertz CT molecular complexity index is 776. The third-order valence-corrected chi connectivity index (χ3v) is 6.71. The molecule has 0 aromatic heterocycles. The summed E-state index contributed by atoms with van der Waals surface area (Å²) in [5, 5.41) is 2.55. The molecule has 130 valence electrons. The monoisotopic (exact) mass is 346 g/mol. The van der Waals surface area contributed by atoms with Gasteiger partial charge in [0.25, 0.3) is 0 Å². The first kappa shape index (κ1) is 17.4. The first-order valence-corrected chi connectivity index (χ1v) is 10.4. The Morgan fingerprint density at radius 1 is 0.958 bits per heavy atom. The van der Waals surface area contributed by atoms with Gasteiger partial charge in [0, 0.05) is 32.7 Å². The lowest BCUT2D eigenvalue weighted by Gasteiger charge is -2.34. The second-order valence-electron chi connectivity index (χ2n) is 6.48. The van der Waals surface area contributed by atoms with Crippen LogP contribution in [0.1, 0.15) is 25.3 Å². The fraction of sp³-hybridized carbons (Fsp3) is 0.474. The van der Waals surface area contributed by atoms with Crippen LogP contribution in [0.25, 0.3) is 10.8 Å².